The standard InChI is InChI=1S/C10H16ClN3/c1-7-8(9(11)14(2)13-7)5-10(6-12)3-4-10/h3-6,12H2,1-2H3. The summed E-state index contributed by atoms with van der Waals surface area (Å²) in [5.41, 5.74) is 8.30. The summed E-state index contributed by atoms with van der Waals surface area (Å²) in [6, 6.07) is 0. The number of hydrogen-bond acceptors (Lipinski definition) is 2. The average Bonchev–Trinajstić information content (AvgIpc) is 2.88. The smallest absolute Gasteiger partial charge is 0.130 e. The molecule has 78 valence electrons. The molecule has 1 heterocycles. The molecule has 0 aromatic carbocycles. The van der Waals surface area contributed by atoms with Gasteiger partial charge in [0.1, 0.15) is 5.15 Å². The number of rotatable bonds is 3. The van der Waals surface area contributed by atoms with E-state index in [0.717, 1.165) is 23.8 Å². The highest BCUT2D eigenvalue weighted by Crippen LogP contribution is 2.48. The molecule has 4 heteroatoms. The Morgan fingerprint density at radius 1 is 1.57 bits per heavy atom. The Hall–Kier alpha value is -0.540. The van der Waals surface area contributed by atoms with Crippen LogP contribution in [0.5, 0.6) is 0 Å². The SMILES string of the molecule is Cc1nn(C)c(Cl)c1CC1(CN)CC1. The highest BCUT2D eigenvalue weighted by Gasteiger charge is 2.42. The third-order valence-corrected chi connectivity index (χ3v) is 3.68. The minimum atomic E-state index is 0.331. The zero-order chi connectivity index (χ0) is 10.3. The van der Waals surface area contributed by atoms with Crippen LogP contribution in [-0.2, 0) is 13.5 Å². The number of aryl methyl sites for hydroxylation is 2. The molecule has 1 aromatic rings. The Morgan fingerprint density at radius 2 is 2.21 bits per heavy atom. The lowest BCUT2D eigenvalue weighted by Crippen LogP contribution is -2.18. The molecular weight excluding hydrogens is 198 g/mol. The molecule has 14 heavy (non-hydrogen) atoms. The number of nitrogens with zero attached hydrogens (tertiary/aromatic N) is 2. The van der Waals surface area contributed by atoms with Crippen LogP contribution in [0.2, 0.25) is 5.15 Å². The summed E-state index contributed by atoms with van der Waals surface area (Å²) in [7, 11) is 1.88. The van der Waals surface area contributed by atoms with Crippen LogP contribution in [0.1, 0.15) is 24.1 Å². The Kier molecular flexibility index (Phi) is 2.32. The van der Waals surface area contributed by atoms with Gasteiger partial charge in [-0.25, -0.2) is 0 Å². The maximum Gasteiger partial charge on any atom is 0.130 e. The van der Waals surface area contributed by atoms with Crippen molar-refractivity contribution in [1.29, 1.82) is 0 Å². The second-order valence-corrected chi connectivity index (χ2v) is 4.72. The van der Waals surface area contributed by atoms with Crippen LogP contribution in [0.15, 0.2) is 0 Å². The van der Waals surface area contributed by atoms with E-state index in [0.29, 0.717) is 5.41 Å². The van der Waals surface area contributed by atoms with E-state index in [1.165, 1.54) is 18.4 Å². The highest BCUT2D eigenvalue weighted by molar-refractivity contribution is 6.30. The Balaban J connectivity index is 2.24. The van der Waals surface area contributed by atoms with Gasteiger partial charge in [0.05, 0.1) is 5.69 Å². The fraction of sp³-hybridized carbons (Fsp3) is 0.700. The molecule has 2 N–H and O–H groups in total. The van der Waals surface area contributed by atoms with Gasteiger partial charge in [0, 0.05) is 12.6 Å². The van der Waals surface area contributed by atoms with Gasteiger partial charge in [-0.1, -0.05) is 11.6 Å². The van der Waals surface area contributed by atoms with Gasteiger partial charge >= 0.3 is 0 Å². The molecule has 1 aliphatic carbocycles. The molecule has 0 atom stereocenters. The molecule has 0 spiro atoms. The van der Waals surface area contributed by atoms with Crippen molar-refractivity contribution >= 4 is 11.6 Å². The van der Waals surface area contributed by atoms with E-state index >= 15 is 0 Å². The summed E-state index contributed by atoms with van der Waals surface area (Å²) in [6.45, 7) is 2.77. The summed E-state index contributed by atoms with van der Waals surface area (Å²) in [6.07, 6.45) is 3.45. The zero-order valence-electron chi connectivity index (χ0n) is 8.68. The van der Waals surface area contributed by atoms with E-state index in [-0.39, 0.29) is 0 Å². The summed E-state index contributed by atoms with van der Waals surface area (Å²) in [5, 5.41) is 5.07. The molecule has 0 amide bonds. The number of halogens is 1. The minimum absolute atomic E-state index is 0.331. The van der Waals surface area contributed by atoms with Gasteiger partial charge in [-0.15, -0.1) is 0 Å². The van der Waals surface area contributed by atoms with Crippen molar-refractivity contribution in [2.24, 2.45) is 18.2 Å². The van der Waals surface area contributed by atoms with Crippen molar-refractivity contribution in [2.75, 3.05) is 6.54 Å². The van der Waals surface area contributed by atoms with E-state index in [2.05, 4.69) is 5.10 Å². The largest absolute Gasteiger partial charge is 0.330 e. The first-order valence-electron chi connectivity index (χ1n) is 4.96. The normalized spacial score (nSPS) is 18.6. The second kappa shape index (κ2) is 3.24. The Bertz CT molecular complexity index is 352. The summed E-state index contributed by atoms with van der Waals surface area (Å²) in [5.74, 6) is 0. The molecule has 3 nitrogen and oxygen atoms in total. The topological polar surface area (TPSA) is 43.8 Å². The summed E-state index contributed by atoms with van der Waals surface area (Å²) < 4.78 is 1.73. The van der Waals surface area contributed by atoms with Gasteiger partial charge < -0.3 is 5.73 Å². The van der Waals surface area contributed by atoms with E-state index < -0.39 is 0 Å². The Labute approximate surface area is 89.2 Å². The first-order valence-corrected chi connectivity index (χ1v) is 5.34. The van der Waals surface area contributed by atoms with Crippen LogP contribution in [0.3, 0.4) is 0 Å². The van der Waals surface area contributed by atoms with Gasteiger partial charge in [-0.05, 0) is 38.1 Å². The fourth-order valence-corrected chi connectivity index (χ4v) is 2.12. The van der Waals surface area contributed by atoms with E-state index in [1.807, 2.05) is 14.0 Å². The van der Waals surface area contributed by atoms with E-state index in [1.54, 1.807) is 4.68 Å². The predicted octanol–water partition coefficient (Wildman–Crippen LogP) is 1.66. The third-order valence-electron chi connectivity index (χ3n) is 3.21. The van der Waals surface area contributed by atoms with Crippen LogP contribution in [-0.4, -0.2) is 16.3 Å². The van der Waals surface area contributed by atoms with Gasteiger partial charge in [-0.2, -0.15) is 5.10 Å². The second-order valence-electron chi connectivity index (χ2n) is 4.36. The van der Waals surface area contributed by atoms with Gasteiger partial charge in [-0.3, -0.25) is 4.68 Å². The van der Waals surface area contributed by atoms with E-state index in [4.69, 9.17) is 17.3 Å². The van der Waals surface area contributed by atoms with Crippen LogP contribution < -0.4 is 5.73 Å². The Morgan fingerprint density at radius 3 is 2.57 bits per heavy atom. The molecule has 0 aliphatic heterocycles. The molecule has 1 aromatic heterocycles. The van der Waals surface area contributed by atoms with Gasteiger partial charge in [0.25, 0.3) is 0 Å². The molecule has 0 saturated heterocycles. The molecule has 1 saturated carbocycles. The number of hydrogen-bond donors (Lipinski definition) is 1. The predicted molar refractivity (Wildman–Crippen MR) is 57.4 cm³/mol. The first kappa shape index (κ1) is 9.99. The number of nitrogens with two attached hydrogens (primary N) is 1. The summed E-state index contributed by atoms with van der Waals surface area (Å²) >= 11 is 6.16. The first-order chi connectivity index (χ1) is 6.58. The molecular formula is C10H16ClN3. The average molecular weight is 214 g/mol. The molecule has 2 rings (SSSR count). The van der Waals surface area contributed by atoms with Crippen LogP contribution >= 0.6 is 11.6 Å². The molecule has 0 bridgehead atoms. The van der Waals surface area contributed by atoms with Crippen molar-refractivity contribution in [3.8, 4) is 0 Å². The minimum Gasteiger partial charge on any atom is -0.330 e. The lowest BCUT2D eigenvalue weighted by molar-refractivity contribution is 0.520. The molecule has 1 aliphatic rings. The highest BCUT2D eigenvalue weighted by atomic mass is 35.5. The maximum atomic E-state index is 6.16. The van der Waals surface area contributed by atoms with Crippen molar-refractivity contribution < 1.29 is 0 Å². The van der Waals surface area contributed by atoms with Gasteiger partial charge in [0.2, 0.25) is 0 Å². The molecule has 0 radical (unpaired) electrons. The van der Waals surface area contributed by atoms with E-state index in [9.17, 15) is 0 Å². The lowest BCUT2D eigenvalue weighted by atomic mass is 9.97. The quantitative estimate of drug-likeness (QED) is 0.830. The fourth-order valence-electron chi connectivity index (χ4n) is 1.88. The third kappa shape index (κ3) is 1.55. The van der Waals surface area contributed by atoms with Crippen molar-refractivity contribution in [3.05, 3.63) is 16.4 Å². The maximum absolute atomic E-state index is 6.16. The monoisotopic (exact) mass is 213 g/mol. The van der Waals surface area contributed by atoms with Crippen molar-refractivity contribution in [1.82, 2.24) is 9.78 Å². The number of aromatic nitrogens is 2. The van der Waals surface area contributed by atoms with Crippen LogP contribution in [0.4, 0.5) is 0 Å². The zero-order valence-corrected chi connectivity index (χ0v) is 9.43. The molecule has 1 fully saturated rings. The van der Waals surface area contributed by atoms with Crippen molar-refractivity contribution in [2.45, 2.75) is 26.2 Å². The van der Waals surface area contributed by atoms with Crippen LogP contribution in [0, 0.1) is 12.3 Å². The van der Waals surface area contributed by atoms with Gasteiger partial charge in [0.15, 0.2) is 0 Å². The molecule has 0 unspecified atom stereocenters. The van der Waals surface area contributed by atoms with Crippen molar-refractivity contribution in [3.63, 3.8) is 0 Å². The summed E-state index contributed by atoms with van der Waals surface area (Å²) in [4.78, 5) is 0. The lowest BCUT2D eigenvalue weighted by Gasteiger charge is -2.11. The van der Waals surface area contributed by atoms with Crippen LogP contribution in [0.25, 0.3) is 0 Å².